The Balaban J connectivity index is 2.39. The van der Waals surface area contributed by atoms with E-state index in [4.69, 9.17) is 0 Å². The highest BCUT2D eigenvalue weighted by Gasteiger charge is 2.26. The van der Waals surface area contributed by atoms with Crippen LogP contribution >= 0.6 is 11.3 Å². The number of hydrogen-bond acceptors (Lipinski definition) is 6. The van der Waals surface area contributed by atoms with Crippen molar-refractivity contribution in [1.82, 2.24) is 4.72 Å². The molecule has 25 heavy (non-hydrogen) atoms. The van der Waals surface area contributed by atoms with Gasteiger partial charge in [-0.1, -0.05) is 0 Å². The molecule has 1 heterocycles. The minimum absolute atomic E-state index is 0.123. The number of nitro groups is 1. The summed E-state index contributed by atoms with van der Waals surface area (Å²) < 4.78 is 27.3. The molecular weight excluding hydrogens is 362 g/mol. The van der Waals surface area contributed by atoms with Gasteiger partial charge < -0.3 is 4.90 Å². The van der Waals surface area contributed by atoms with E-state index in [-0.39, 0.29) is 10.6 Å². The quantitative estimate of drug-likeness (QED) is 0.610. The Morgan fingerprint density at radius 2 is 1.96 bits per heavy atom. The maximum Gasteiger partial charge on any atom is 0.293 e. The van der Waals surface area contributed by atoms with Crippen LogP contribution in [0.5, 0.6) is 0 Å². The van der Waals surface area contributed by atoms with Crippen molar-refractivity contribution < 1.29 is 13.3 Å². The number of sulfonamides is 1. The number of nitro benzene ring substituents is 1. The van der Waals surface area contributed by atoms with E-state index in [9.17, 15) is 18.5 Å². The fourth-order valence-electron chi connectivity index (χ4n) is 2.34. The zero-order valence-electron chi connectivity index (χ0n) is 14.5. The van der Waals surface area contributed by atoms with Gasteiger partial charge in [0.25, 0.3) is 5.69 Å². The molecule has 1 aromatic heterocycles. The number of rotatable bonds is 6. The number of hydrogen-bond donors (Lipinski definition) is 1. The Bertz CT molecular complexity index is 856. The van der Waals surface area contributed by atoms with Crippen LogP contribution in [0.2, 0.25) is 0 Å². The lowest BCUT2D eigenvalue weighted by molar-refractivity contribution is -0.384. The van der Waals surface area contributed by atoms with Gasteiger partial charge in [0, 0.05) is 25.2 Å². The standard InChI is InChI=1S/C16H21N3O4S2/c1-16(2,3)17-25(22,23)13-5-6-14(15(9-13)19(20)21)18(4)10-12-7-8-24-11-12/h5-9,11,17H,10H2,1-4H3. The predicted molar refractivity (Wildman–Crippen MR) is 99.6 cm³/mol. The second-order valence-corrected chi connectivity index (χ2v) is 9.21. The number of thiophene rings is 1. The van der Waals surface area contributed by atoms with Gasteiger partial charge in [-0.25, -0.2) is 13.1 Å². The second-order valence-electron chi connectivity index (χ2n) is 6.75. The van der Waals surface area contributed by atoms with Crippen molar-refractivity contribution in [3.63, 3.8) is 0 Å². The van der Waals surface area contributed by atoms with Gasteiger partial charge in [0.15, 0.2) is 0 Å². The summed E-state index contributed by atoms with van der Waals surface area (Å²) in [7, 11) is -2.10. The van der Waals surface area contributed by atoms with Gasteiger partial charge in [-0.2, -0.15) is 11.3 Å². The highest BCUT2D eigenvalue weighted by atomic mass is 32.2. The van der Waals surface area contributed by atoms with Crippen LogP contribution < -0.4 is 9.62 Å². The molecule has 0 atom stereocenters. The van der Waals surface area contributed by atoms with Crippen molar-refractivity contribution in [2.45, 2.75) is 37.8 Å². The monoisotopic (exact) mass is 383 g/mol. The molecule has 0 bridgehead atoms. The van der Waals surface area contributed by atoms with E-state index in [0.29, 0.717) is 12.2 Å². The third-order valence-corrected chi connectivity index (χ3v) is 5.79. The van der Waals surface area contributed by atoms with E-state index < -0.39 is 20.5 Å². The molecule has 0 aliphatic rings. The summed E-state index contributed by atoms with van der Waals surface area (Å²) in [6, 6.07) is 5.91. The molecule has 0 saturated heterocycles. The average Bonchev–Trinajstić information content (AvgIpc) is 2.96. The normalized spacial score (nSPS) is 12.2. The highest BCUT2D eigenvalue weighted by molar-refractivity contribution is 7.89. The summed E-state index contributed by atoms with van der Waals surface area (Å²) in [5.74, 6) is 0. The number of nitrogens with one attached hydrogen (secondary N) is 1. The molecule has 2 aromatic rings. The topological polar surface area (TPSA) is 92.6 Å². The molecule has 0 unspecified atom stereocenters. The van der Waals surface area contributed by atoms with Crippen molar-refractivity contribution in [1.29, 1.82) is 0 Å². The first-order valence-electron chi connectivity index (χ1n) is 7.54. The number of nitrogens with zero attached hydrogens (tertiary/aromatic N) is 2. The molecule has 136 valence electrons. The zero-order chi connectivity index (χ0) is 18.8. The molecule has 7 nitrogen and oxygen atoms in total. The second kappa shape index (κ2) is 7.11. The van der Waals surface area contributed by atoms with Crippen LogP contribution in [0.1, 0.15) is 26.3 Å². The van der Waals surface area contributed by atoms with Crippen LogP contribution in [0.4, 0.5) is 11.4 Å². The fraction of sp³-hybridized carbons (Fsp3) is 0.375. The van der Waals surface area contributed by atoms with E-state index in [2.05, 4.69) is 4.72 Å². The molecule has 0 amide bonds. The van der Waals surface area contributed by atoms with Gasteiger partial charge >= 0.3 is 0 Å². The lowest BCUT2D eigenvalue weighted by Crippen LogP contribution is -2.40. The van der Waals surface area contributed by atoms with Crippen LogP contribution in [0.15, 0.2) is 39.9 Å². The Hall–Kier alpha value is -1.97. The Kier molecular flexibility index (Phi) is 5.50. The molecule has 1 N–H and O–H groups in total. The smallest absolute Gasteiger partial charge is 0.293 e. The number of anilines is 1. The maximum absolute atomic E-state index is 12.4. The molecular formula is C16H21N3O4S2. The van der Waals surface area contributed by atoms with Gasteiger partial charge in [-0.05, 0) is 55.3 Å². The molecule has 0 aliphatic carbocycles. The average molecular weight is 383 g/mol. The summed E-state index contributed by atoms with van der Waals surface area (Å²) >= 11 is 1.55. The first-order chi connectivity index (χ1) is 11.5. The van der Waals surface area contributed by atoms with Crippen LogP contribution in [-0.4, -0.2) is 25.9 Å². The van der Waals surface area contributed by atoms with Crippen LogP contribution in [0.25, 0.3) is 0 Å². The molecule has 0 spiro atoms. The third-order valence-electron chi connectivity index (χ3n) is 3.31. The zero-order valence-corrected chi connectivity index (χ0v) is 16.1. The minimum atomic E-state index is -3.84. The predicted octanol–water partition coefficient (Wildman–Crippen LogP) is 3.37. The summed E-state index contributed by atoms with van der Waals surface area (Å²) in [5, 5.41) is 15.4. The summed E-state index contributed by atoms with van der Waals surface area (Å²) in [6.45, 7) is 5.63. The Labute approximate surface area is 151 Å². The first kappa shape index (κ1) is 19.4. The van der Waals surface area contributed by atoms with Gasteiger partial charge in [-0.15, -0.1) is 0 Å². The van der Waals surface area contributed by atoms with Crippen LogP contribution in [-0.2, 0) is 16.6 Å². The van der Waals surface area contributed by atoms with Gasteiger partial charge in [-0.3, -0.25) is 10.1 Å². The highest BCUT2D eigenvalue weighted by Crippen LogP contribution is 2.31. The SMILES string of the molecule is CN(Cc1ccsc1)c1ccc(S(=O)(=O)NC(C)(C)C)cc1[N+](=O)[O-]. The number of benzene rings is 1. The largest absolute Gasteiger partial charge is 0.365 e. The molecule has 0 saturated carbocycles. The first-order valence-corrected chi connectivity index (χ1v) is 9.97. The van der Waals surface area contributed by atoms with Gasteiger partial charge in [0.1, 0.15) is 5.69 Å². The van der Waals surface area contributed by atoms with Crippen molar-refractivity contribution >= 4 is 32.7 Å². The van der Waals surface area contributed by atoms with E-state index >= 15 is 0 Å². The van der Waals surface area contributed by atoms with Gasteiger partial charge in [0.2, 0.25) is 10.0 Å². The Morgan fingerprint density at radius 3 is 2.48 bits per heavy atom. The molecule has 0 aliphatic heterocycles. The van der Waals surface area contributed by atoms with Crippen molar-refractivity contribution in [3.8, 4) is 0 Å². The molecule has 9 heteroatoms. The molecule has 1 aromatic carbocycles. The van der Waals surface area contributed by atoms with Crippen LogP contribution in [0.3, 0.4) is 0 Å². The fourth-order valence-corrected chi connectivity index (χ4v) is 4.44. The summed E-state index contributed by atoms with van der Waals surface area (Å²) in [4.78, 5) is 12.5. The molecule has 0 radical (unpaired) electrons. The van der Waals surface area contributed by atoms with Crippen molar-refractivity contribution in [3.05, 3.63) is 50.7 Å². The van der Waals surface area contributed by atoms with E-state index in [1.165, 1.54) is 12.1 Å². The van der Waals surface area contributed by atoms with E-state index in [1.54, 1.807) is 44.1 Å². The van der Waals surface area contributed by atoms with Gasteiger partial charge in [0.05, 0.1) is 9.82 Å². The minimum Gasteiger partial charge on any atom is -0.365 e. The van der Waals surface area contributed by atoms with E-state index in [1.807, 2.05) is 16.8 Å². The lowest BCUT2D eigenvalue weighted by Gasteiger charge is -2.22. The third kappa shape index (κ3) is 5.00. The van der Waals surface area contributed by atoms with Crippen molar-refractivity contribution in [2.24, 2.45) is 0 Å². The Morgan fingerprint density at radius 1 is 1.28 bits per heavy atom. The maximum atomic E-state index is 12.4. The summed E-state index contributed by atoms with van der Waals surface area (Å²) in [6.07, 6.45) is 0. The van der Waals surface area contributed by atoms with Crippen LogP contribution in [0, 0.1) is 10.1 Å². The molecule has 2 rings (SSSR count). The van der Waals surface area contributed by atoms with Crippen molar-refractivity contribution in [2.75, 3.05) is 11.9 Å². The van der Waals surface area contributed by atoms with E-state index in [0.717, 1.165) is 11.6 Å². The summed E-state index contributed by atoms with van der Waals surface area (Å²) in [5.41, 5.74) is 0.482. The molecule has 0 fully saturated rings. The lowest BCUT2D eigenvalue weighted by atomic mass is 10.1.